The van der Waals surface area contributed by atoms with Crippen LogP contribution in [0, 0.1) is 10.1 Å². The summed E-state index contributed by atoms with van der Waals surface area (Å²) in [4.78, 5) is 10.1. The number of non-ortho nitro benzene ring substituents is 1. The Labute approximate surface area is 102 Å². The number of nitro benzene ring substituents is 1. The normalized spacial score (nSPS) is 10.4. The Kier molecular flexibility index (Phi) is 6.25. The molecule has 0 heterocycles. The maximum atomic E-state index is 10.5. The summed E-state index contributed by atoms with van der Waals surface area (Å²) in [5.41, 5.74) is 1.31. The number of rotatable bonds is 8. The van der Waals surface area contributed by atoms with Crippen molar-refractivity contribution in [1.29, 1.82) is 0 Å². The van der Waals surface area contributed by atoms with Gasteiger partial charge in [0.25, 0.3) is 5.69 Å². The lowest BCUT2D eigenvalue weighted by molar-refractivity contribution is -0.671. The van der Waals surface area contributed by atoms with Crippen molar-refractivity contribution in [2.45, 2.75) is 39.2 Å². The van der Waals surface area contributed by atoms with Crippen LogP contribution < -0.4 is 5.32 Å². The van der Waals surface area contributed by atoms with Crippen LogP contribution in [0.1, 0.15) is 38.2 Å². The average molecular weight is 237 g/mol. The van der Waals surface area contributed by atoms with Gasteiger partial charge in [-0.1, -0.05) is 19.8 Å². The lowest BCUT2D eigenvalue weighted by atomic mass is 10.2. The molecule has 4 heteroatoms. The molecule has 0 bridgehead atoms. The lowest BCUT2D eigenvalue weighted by Gasteiger charge is -2.01. The second-order valence-corrected chi connectivity index (χ2v) is 4.27. The van der Waals surface area contributed by atoms with Crippen LogP contribution in [0.4, 0.5) is 5.69 Å². The fourth-order valence-electron chi connectivity index (χ4n) is 1.74. The molecule has 0 saturated carbocycles. The first-order valence-electron chi connectivity index (χ1n) is 6.29. The minimum Gasteiger partial charge on any atom is -0.343 e. The predicted octanol–water partition coefficient (Wildman–Crippen LogP) is 2.24. The van der Waals surface area contributed by atoms with Gasteiger partial charge in [-0.2, -0.15) is 0 Å². The molecule has 0 fully saturated rings. The van der Waals surface area contributed by atoms with Crippen molar-refractivity contribution in [3.05, 3.63) is 39.9 Å². The van der Waals surface area contributed by atoms with E-state index in [0.717, 1.165) is 18.7 Å². The van der Waals surface area contributed by atoms with E-state index in [1.54, 1.807) is 12.1 Å². The molecule has 94 valence electrons. The van der Waals surface area contributed by atoms with Gasteiger partial charge in [-0.05, 0) is 25.0 Å². The molecule has 0 spiro atoms. The smallest absolute Gasteiger partial charge is 0.269 e. The molecule has 17 heavy (non-hydrogen) atoms. The van der Waals surface area contributed by atoms with Crippen LogP contribution in [0.2, 0.25) is 0 Å². The van der Waals surface area contributed by atoms with E-state index in [2.05, 4.69) is 12.2 Å². The van der Waals surface area contributed by atoms with Crippen molar-refractivity contribution in [1.82, 2.24) is 0 Å². The lowest BCUT2D eigenvalue weighted by Crippen LogP contribution is -2.82. The molecule has 0 amide bonds. The summed E-state index contributed by atoms with van der Waals surface area (Å²) in [6.07, 6.45) is 5.13. The van der Waals surface area contributed by atoms with E-state index in [9.17, 15) is 10.1 Å². The van der Waals surface area contributed by atoms with Gasteiger partial charge in [-0.3, -0.25) is 10.1 Å². The van der Waals surface area contributed by atoms with Crippen LogP contribution in [0.15, 0.2) is 24.3 Å². The van der Waals surface area contributed by atoms with Gasteiger partial charge in [0.1, 0.15) is 6.54 Å². The molecule has 0 saturated heterocycles. The Bertz CT molecular complexity index is 336. The van der Waals surface area contributed by atoms with E-state index < -0.39 is 0 Å². The summed E-state index contributed by atoms with van der Waals surface area (Å²) >= 11 is 0. The largest absolute Gasteiger partial charge is 0.343 e. The fourth-order valence-corrected chi connectivity index (χ4v) is 1.74. The molecular weight excluding hydrogens is 216 g/mol. The maximum absolute atomic E-state index is 10.5. The van der Waals surface area contributed by atoms with E-state index in [-0.39, 0.29) is 10.6 Å². The number of hydrogen-bond acceptors (Lipinski definition) is 2. The highest BCUT2D eigenvalue weighted by molar-refractivity contribution is 5.32. The molecule has 1 rings (SSSR count). The van der Waals surface area contributed by atoms with Crippen molar-refractivity contribution in [3.63, 3.8) is 0 Å². The topological polar surface area (TPSA) is 59.8 Å². The van der Waals surface area contributed by atoms with Crippen LogP contribution in [0.25, 0.3) is 0 Å². The number of quaternary nitrogens is 1. The zero-order valence-electron chi connectivity index (χ0n) is 10.4. The Morgan fingerprint density at radius 2 is 1.88 bits per heavy atom. The van der Waals surface area contributed by atoms with Crippen molar-refractivity contribution in [2.24, 2.45) is 0 Å². The summed E-state index contributed by atoms with van der Waals surface area (Å²) in [5.74, 6) is 0. The second kappa shape index (κ2) is 7.79. The molecule has 4 nitrogen and oxygen atoms in total. The highest BCUT2D eigenvalue weighted by Gasteiger charge is 2.04. The average Bonchev–Trinajstić information content (AvgIpc) is 2.34. The van der Waals surface area contributed by atoms with Crippen molar-refractivity contribution < 1.29 is 10.2 Å². The van der Waals surface area contributed by atoms with Gasteiger partial charge in [0.15, 0.2) is 0 Å². The Balaban J connectivity index is 2.21. The van der Waals surface area contributed by atoms with Crippen LogP contribution in [0.3, 0.4) is 0 Å². The van der Waals surface area contributed by atoms with E-state index >= 15 is 0 Å². The summed E-state index contributed by atoms with van der Waals surface area (Å²) in [6, 6.07) is 6.81. The summed E-state index contributed by atoms with van der Waals surface area (Å²) < 4.78 is 0. The number of nitrogens with zero attached hydrogens (tertiary/aromatic N) is 1. The van der Waals surface area contributed by atoms with Crippen LogP contribution >= 0.6 is 0 Å². The Morgan fingerprint density at radius 1 is 1.18 bits per heavy atom. The highest BCUT2D eigenvalue weighted by Crippen LogP contribution is 2.10. The molecular formula is C13H21N2O2+. The third-order valence-electron chi connectivity index (χ3n) is 2.79. The van der Waals surface area contributed by atoms with Crippen LogP contribution in [-0.2, 0) is 6.54 Å². The van der Waals surface area contributed by atoms with Crippen LogP contribution in [-0.4, -0.2) is 11.5 Å². The van der Waals surface area contributed by atoms with Gasteiger partial charge in [0, 0.05) is 17.7 Å². The molecule has 0 aliphatic heterocycles. The van der Waals surface area contributed by atoms with Gasteiger partial charge >= 0.3 is 0 Å². The van der Waals surface area contributed by atoms with Gasteiger partial charge in [-0.25, -0.2) is 0 Å². The van der Waals surface area contributed by atoms with E-state index in [4.69, 9.17) is 0 Å². The number of nitrogens with two attached hydrogens (primary N) is 1. The van der Waals surface area contributed by atoms with Crippen LogP contribution in [0.5, 0.6) is 0 Å². The third-order valence-corrected chi connectivity index (χ3v) is 2.79. The van der Waals surface area contributed by atoms with Gasteiger partial charge in [0.2, 0.25) is 0 Å². The van der Waals surface area contributed by atoms with E-state index in [0.29, 0.717) is 0 Å². The fraction of sp³-hybridized carbons (Fsp3) is 0.538. The highest BCUT2D eigenvalue weighted by atomic mass is 16.6. The quantitative estimate of drug-likeness (QED) is 0.428. The molecule has 2 N–H and O–H groups in total. The first-order valence-corrected chi connectivity index (χ1v) is 6.29. The first-order chi connectivity index (χ1) is 8.24. The van der Waals surface area contributed by atoms with Gasteiger partial charge in [0.05, 0.1) is 11.5 Å². The molecule has 0 aliphatic carbocycles. The maximum Gasteiger partial charge on any atom is 0.269 e. The third kappa shape index (κ3) is 5.45. The minimum absolute atomic E-state index is 0.164. The number of unbranched alkanes of at least 4 members (excludes halogenated alkanes) is 3. The predicted molar refractivity (Wildman–Crippen MR) is 67.7 cm³/mol. The summed E-state index contributed by atoms with van der Waals surface area (Å²) in [5, 5.41) is 12.7. The molecule has 0 atom stereocenters. The monoisotopic (exact) mass is 237 g/mol. The molecule has 1 aromatic rings. The second-order valence-electron chi connectivity index (χ2n) is 4.27. The molecule has 0 radical (unpaired) electrons. The van der Waals surface area contributed by atoms with Crippen molar-refractivity contribution in [3.8, 4) is 0 Å². The summed E-state index contributed by atoms with van der Waals surface area (Å²) in [6.45, 7) is 4.25. The standard InChI is InChI=1S/C13H20N2O2/c1-2-3-4-5-10-14-11-12-6-8-13(9-7-12)15(16)17/h6-9,14H,2-5,10-11H2,1H3/p+1. The van der Waals surface area contributed by atoms with Crippen molar-refractivity contribution in [2.75, 3.05) is 6.54 Å². The van der Waals surface area contributed by atoms with E-state index in [1.807, 2.05) is 12.1 Å². The molecule has 0 aliphatic rings. The molecule has 0 aromatic heterocycles. The zero-order valence-corrected chi connectivity index (χ0v) is 10.4. The first kappa shape index (κ1) is 13.6. The SMILES string of the molecule is CCCCCC[NH2+]Cc1ccc([N+](=O)[O-])cc1. The molecule has 1 aromatic carbocycles. The minimum atomic E-state index is -0.363. The van der Waals surface area contributed by atoms with E-state index in [1.165, 1.54) is 25.7 Å². The van der Waals surface area contributed by atoms with Crippen molar-refractivity contribution >= 4 is 5.69 Å². The Morgan fingerprint density at radius 3 is 2.47 bits per heavy atom. The zero-order chi connectivity index (χ0) is 12.5. The van der Waals surface area contributed by atoms with Gasteiger partial charge in [-0.15, -0.1) is 0 Å². The van der Waals surface area contributed by atoms with Gasteiger partial charge < -0.3 is 5.32 Å². The molecule has 0 unspecified atom stereocenters. The number of benzene rings is 1. The number of nitro groups is 1. The summed E-state index contributed by atoms with van der Waals surface area (Å²) in [7, 11) is 0. The number of hydrogen-bond donors (Lipinski definition) is 1. The Hall–Kier alpha value is -1.42.